The number of nitrogens with two attached hydrogens (primary N) is 2. The van der Waals surface area contributed by atoms with Gasteiger partial charge >= 0.3 is 0 Å². The lowest BCUT2D eigenvalue weighted by Crippen LogP contribution is -2.06. The minimum absolute atomic E-state index is 0.171. The van der Waals surface area contributed by atoms with E-state index < -0.39 is 0 Å². The molecule has 0 unspecified atom stereocenters. The van der Waals surface area contributed by atoms with Gasteiger partial charge in [-0.3, -0.25) is 4.79 Å². The van der Waals surface area contributed by atoms with Crippen molar-refractivity contribution < 1.29 is 4.79 Å². The highest BCUT2D eigenvalue weighted by molar-refractivity contribution is 6.30. The average Bonchev–Trinajstić information content (AvgIpc) is 2.55. The van der Waals surface area contributed by atoms with Crippen LogP contribution in [0.4, 0.5) is 11.6 Å². The molecule has 0 fully saturated rings. The smallest absolute Gasteiger partial charge is 0.220 e. The van der Waals surface area contributed by atoms with Gasteiger partial charge in [0.15, 0.2) is 5.78 Å². The second-order valence-corrected chi connectivity index (χ2v) is 5.37. The molecule has 1 aromatic heterocycles. The Hall–Kier alpha value is -2.92. The van der Waals surface area contributed by atoms with Gasteiger partial charge in [-0.1, -0.05) is 17.7 Å². The maximum Gasteiger partial charge on any atom is 0.220 e. The van der Waals surface area contributed by atoms with Crippen LogP contribution in [0.25, 0.3) is 11.3 Å². The largest absolute Gasteiger partial charge is 0.398 e. The molecule has 3 aromatic rings. The summed E-state index contributed by atoms with van der Waals surface area (Å²) in [4.78, 5) is 20.7. The summed E-state index contributed by atoms with van der Waals surface area (Å²) < 4.78 is 0. The van der Waals surface area contributed by atoms with Crippen LogP contribution in [0.3, 0.4) is 0 Å². The van der Waals surface area contributed by atoms with E-state index in [9.17, 15) is 4.79 Å². The first-order valence-corrected chi connectivity index (χ1v) is 7.21. The zero-order valence-electron chi connectivity index (χ0n) is 12.0. The van der Waals surface area contributed by atoms with E-state index in [4.69, 9.17) is 23.1 Å². The summed E-state index contributed by atoms with van der Waals surface area (Å²) in [6.45, 7) is 0. The van der Waals surface area contributed by atoms with Gasteiger partial charge in [0, 0.05) is 33.6 Å². The van der Waals surface area contributed by atoms with Crippen molar-refractivity contribution in [2.24, 2.45) is 0 Å². The number of carbonyl (C=O) groups excluding carboxylic acids is 1. The van der Waals surface area contributed by atoms with Crippen LogP contribution in [0, 0.1) is 0 Å². The molecule has 2 aromatic carbocycles. The highest BCUT2D eigenvalue weighted by Crippen LogP contribution is 2.25. The van der Waals surface area contributed by atoms with E-state index in [-0.39, 0.29) is 11.7 Å². The van der Waals surface area contributed by atoms with Gasteiger partial charge < -0.3 is 11.5 Å². The van der Waals surface area contributed by atoms with Crippen LogP contribution in [0.5, 0.6) is 0 Å². The van der Waals surface area contributed by atoms with Crippen molar-refractivity contribution in [2.45, 2.75) is 0 Å². The molecule has 5 nitrogen and oxygen atoms in total. The normalized spacial score (nSPS) is 10.5. The Morgan fingerprint density at radius 3 is 2.43 bits per heavy atom. The number of ketones is 1. The van der Waals surface area contributed by atoms with Crippen LogP contribution in [-0.2, 0) is 0 Å². The van der Waals surface area contributed by atoms with E-state index in [0.29, 0.717) is 27.5 Å². The number of anilines is 2. The maximum absolute atomic E-state index is 12.6. The summed E-state index contributed by atoms with van der Waals surface area (Å²) in [6, 6.07) is 13.6. The second-order valence-electron chi connectivity index (χ2n) is 4.94. The number of aromatic nitrogens is 2. The lowest BCUT2D eigenvalue weighted by atomic mass is 9.98. The fourth-order valence-electron chi connectivity index (χ4n) is 2.20. The molecular formula is C17H13ClN4O. The minimum Gasteiger partial charge on any atom is -0.398 e. The third kappa shape index (κ3) is 3.14. The van der Waals surface area contributed by atoms with E-state index in [1.54, 1.807) is 54.7 Å². The van der Waals surface area contributed by atoms with Crippen molar-refractivity contribution in [3.63, 3.8) is 0 Å². The third-order valence-electron chi connectivity index (χ3n) is 3.37. The van der Waals surface area contributed by atoms with E-state index in [1.165, 1.54) is 0 Å². The lowest BCUT2D eigenvalue weighted by molar-refractivity contribution is 0.103. The summed E-state index contributed by atoms with van der Waals surface area (Å²) in [6.07, 6.45) is 1.56. The van der Waals surface area contributed by atoms with Crippen LogP contribution in [-0.4, -0.2) is 15.8 Å². The summed E-state index contributed by atoms with van der Waals surface area (Å²) >= 11 is 5.85. The van der Waals surface area contributed by atoms with Gasteiger partial charge in [0.1, 0.15) is 0 Å². The van der Waals surface area contributed by atoms with Gasteiger partial charge in [-0.2, -0.15) is 0 Å². The Balaban J connectivity index is 2.04. The predicted octanol–water partition coefficient (Wildman–Crippen LogP) is 3.19. The van der Waals surface area contributed by atoms with E-state index in [1.807, 2.05) is 0 Å². The number of hydrogen-bond acceptors (Lipinski definition) is 5. The van der Waals surface area contributed by atoms with E-state index >= 15 is 0 Å². The molecule has 4 N–H and O–H groups in total. The number of carbonyl (C=O) groups is 1. The monoisotopic (exact) mass is 324 g/mol. The SMILES string of the molecule is Nc1nccc(-c2ccc(N)c(C(=O)c3ccc(Cl)cc3)c2)n1. The van der Waals surface area contributed by atoms with Gasteiger partial charge in [0.25, 0.3) is 0 Å². The Labute approximate surface area is 137 Å². The number of benzene rings is 2. The molecule has 0 aliphatic heterocycles. The molecule has 1 heterocycles. The van der Waals surface area contributed by atoms with Crippen molar-refractivity contribution in [1.29, 1.82) is 0 Å². The number of rotatable bonds is 3. The first-order valence-electron chi connectivity index (χ1n) is 6.83. The first kappa shape index (κ1) is 15.0. The fourth-order valence-corrected chi connectivity index (χ4v) is 2.33. The predicted molar refractivity (Wildman–Crippen MR) is 91.2 cm³/mol. The van der Waals surface area contributed by atoms with Gasteiger partial charge in [0.2, 0.25) is 5.95 Å². The molecule has 0 amide bonds. The van der Waals surface area contributed by atoms with Crippen molar-refractivity contribution >= 4 is 29.0 Å². The first-order chi connectivity index (χ1) is 11.0. The molecular weight excluding hydrogens is 312 g/mol. The highest BCUT2D eigenvalue weighted by Gasteiger charge is 2.14. The van der Waals surface area contributed by atoms with E-state index in [2.05, 4.69) is 9.97 Å². The number of nitrogens with zero attached hydrogens (tertiary/aromatic N) is 2. The fraction of sp³-hybridized carbons (Fsp3) is 0. The van der Waals surface area contributed by atoms with Crippen molar-refractivity contribution in [3.8, 4) is 11.3 Å². The molecule has 0 spiro atoms. The molecule has 3 rings (SSSR count). The minimum atomic E-state index is -0.178. The lowest BCUT2D eigenvalue weighted by Gasteiger charge is -2.08. The van der Waals surface area contributed by atoms with Crippen LogP contribution in [0.1, 0.15) is 15.9 Å². The van der Waals surface area contributed by atoms with Gasteiger partial charge in [-0.05, 0) is 42.5 Å². The maximum atomic E-state index is 12.6. The summed E-state index contributed by atoms with van der Waals surface area (Å²) in [5, 5.41) is 0.569. The van der Waals surface area contributed by atoms with Crippen LogP contribution in [0.15, 0.2) is 54.7 Å². The molecule has 0 bridgehead atoms. The molecule has 0 atom stereocenters. The molecule has 0 radical (unpaired) electrons. The number of hydrogen-bond donors (Lipinski definition) is 2. The molecule has 23 heavy (non-hydrogen) atoms. The van der Waals surface area contributed by atoms with E-state index in [0.717, 1.165) is 5.56 Å². The van der Waals surface area contributed by atoms with Crippen LogP contribution in [0.2, 0.25) is 5.02 Å². The molecule has 0 aliphatic carbocycles. The van der Waals surface area contributed by atoms with Crippen molar-refractivity contribution in [1.82, 2.24) is 9.97 Å². The topological polar surface area (TPSA) is 94.9 Å². The average molecular weight is 325 g/mol. The van der Waals surface area contributed by atoms with Gasteiger partial charge in [-0.25, -0.2) is 9.97 Å². The van der Waals surface area contributed by atoms with Gasteiger partial charge in [0.05, 0.1) is 5.69 Å². The summed E-state index contributed by atoms with van der Waals surface area (Å²) in [5.41, 5.74) is 14.3. The quantitative estimate of drug-likeness (QED) is 0.570. The van der Waals surface area contributed by atoms with Crippen molar-refractivity contribution in [2.75, 3.05) is 11.5 Å². The second kappa shape index (κ2) is 6.06. The molecule has 0 saturated carbocycles. The Morgan fingerprint density at radius 2 is 1.74 bits per heavy atom. The summed E-state index contributed by atoms with van der Waals surface area (Å²) in [5.74, 6) is -0.00653. The Bertz CT molecular complexity index is 878. The standard InChI is InChI=1S/C17H13ClN4O/c18-12-4-1-10(2-5-12)16(23)13-9-11(3-6-14(13)19)15-7-8-21-17(20)22-15/h1-9H,19H2,(H2,20,21,22). The molecule has 6 heteroatoms. The third-order valence-corrected chi connectivity index (χ3v) is 3.63. The highest BCUT2D eigenvalue weighted by atomic mass is 35.5. The van der Waals surface area contributed by atoms with Crippen LogP contribution >= 0.6 is 11.6 Å². The molecule has 114 valence electrons. The van der Waals surface area contributed by atoms with Crippen molar-refractivity contribution in [3.05, 3.63) is 70.9 Å². The van der Waals surface area contributed by atoms with Gasteiger partial charge in [-0.15, -0.1) is 0 Å². The molecule has 0 aliphatic rings. The zero-order chi connectivity index (χ0) is 16.4. The Morgan fingerprint density at radius 1 is 1.00 bits per heavy atom. The number of nitrogen functional groups attached to an aromatic ring is 2. The number of halogens is 1. The Kier molecular flexibility index (Phi) is 3.95. The van der Waals surface area contributed by atoms with Crippen LogP contribution < -0.4 is 11.5 Å². The zero-order valence-corrected chi connectivity index (χ0v) is 12.8. The summed E-state index contributed by atoms with van der Waals surface area (Å²) in [7, 11) is 0. The molecule has 0 saturated heterocycles.